The molecule has 5 nitrogen and oxygen atoms in total. The minimum Gasteiger partial charge on any atom is -0.435 e. The van der Waals surface area contributed by atoms with Gasteiger partial charge in [-0.2, -0.15) is 0 Å². The summed E-state index contributed by atoms with van der Waals surface area (Å²) in [6, 6.07) is 62.9. The molecule has 56 heavy (non-hydrogen) atoms. The number of fused-ring (bicyclic) bond motifs is 7. The van der Waals surface area contributed by atoms with Gasteiger partial charge in [0.25, 0.3) is 0 Å². The van der Waals surface area contributed by atoms with Crippen molar-refractivity contribution in [2.75, 3.05) is 0 Å². The summed E-state index contributed by atoms with van der Waals surface area (Å²) in [7, 11) is 0. The van der Waals surface area contributed by atoms with Gasteiger partial charge in [-0.05, 0) is 76.2 Å². The van der Waals surface area contributed by atoms with Gasteiger partial charge in [0.15, 0.2) is 23.1 Å². The highest BCUT2D eigenvalue weighted by atomic mass is 32.1. The third kappa shape index (κ3) is 5.63. The first kappa shape index (κ1) is 32.2. The Labute approximate surface area is 326 Å². The van der Waals surface area contributed by atoms with E-state index in [1.165, 1.54) is 10.1 Å². The number of hydrogen-bond donors (Lipinski definition) is 0. The summed E-state index contributed by atoms with van der Waals surface area (Å²) < 4.78 is 8.86. The fourth-order valence-corrected chi connectivity index (χ4v) is 8.76. The second-order valence-corrected chi connectivity index (χ2v) is 14.9. The van der Waals surface area contributed by atoms with Gasteiger partial charge in [0.05, 0.1) is 0 Å². The number of aromatic nitrogens is 4. The summed E-state index contributed by atoms with van der Waals surface area (Å²) in [6.07, 6.45) is 0. The zero-order chi connectivity index (χ0) is 37.0. The number of thiophene rings is 1. The van der Waals surface area contributed by atoms with Crippen LogP contribution in [0.1, 0.15) is 0 Å². The monoisotopic (exact) mass is 734 g/mol. The first-order chi connectivity index (χ1) is 27.7. The average molecular weight is 735 g/mol. The zero-order valence-electron chi connectivity index (χ0n) is 29.9. The Bertz CT molecular complexity index is 3170. The number of nitrogens with zero attached hydrogens (tertiary/aromatic N) is 4. The number of oxazole rings is 1. The maximum atomic E-state index is 6.54. The van der Waals surface area contributed by atoms with Gasteiger partial charge in [0, 0.05) is 47.8 Å². The molecule has 11 rings (SSSR count). The van der Waals surface area contributed by atoms with Crippen molar-refractivity contribution in [3.8, 4) is 67.9 Å². The molecule has 6 heteroatoms. The minimum atomic E-state index is 0.619. The predicted octanol–water partition coefficient (Wildman–Crippen LogP) is 13.5. The molecule has 0 atom stereocenters. The van der Waals surface area contributed by atoms with Crippen LogP contribution in [0.15, 0.2) is 186 Å². The number of hydrogen-bond acceptors (Lipinski definition) is 6. The molecule has 0 saturated carbocycles. The maximum Gasteiger partial charge on any atom is 0.227 e. The van der Waals surface area contributed by atoms with Crippen LogP contribution >= 0.6 is 11.3 Å². The van der Waals surface area contributed by atoms with E-state index in [-0.39, 0.29) is 0 Å². The zero-order valence-corrected chi connectivity index (χ0v) is 30.7. The molecule has 3 heterocycles. The van der Waals surface area contributed by atoms with Crippen LogP contribution in [0.5, 0.6) is 0 Å². The van der Waals surface area contributed by atoms with Crippen molar-refractivity contribution in [2.45, 2.75) is 0 Å². The molecule has 8 aromatic carbocycles. The fraction of sp³-hybridized carbons (Fsp3) is 0. The van der Waals surface area contributed by atoms with Crippen molar-refractivity contribution in [3.63, 3.8) is 0 Å². The van der Waals surface area contributed by atoms with E-state index in [0.717, 1.165) is 76.5 Å². The maximum absolute atomic E-state index is 6.54. The lowest BCUT2D eigenvalue weighted by atomic mass is 9.96. The summed E-state index contributed by atoms with van der Waals surface area (Å²) in [5.41, 5.74) is 9.84. The van der Waals surface area contributed by atoms with Gasteiger partial charge in [-0.3, -0.25) is 0 Å². The Kier molecular flexibility index (Phi) is 7.60. The van der Waals surface area contributed by atoms with Gasteiger partial charge in [-0.15, -0.1) is 11.3 Å². The van der Waals surface area contributed by atoms with Crippen LogP contribution in [0.3, 0.4) is 0 Å². The van der Waals surface area contributed by atoms with Gasteiger partial charge in [0.1, 0.15) is 5.52 Å². The molecule has 0 radical (unpaired) electrons. The Hall–Kier alpha value is -7.28. The van der Waals surface area contributed by atoms with Crippen LogP contribution in [-0.4, -0.2) is 19.9 Å². The van der Waals surface area contributed by atoms with Crippen molar-refractivity contribution >= 4 is 53.4 Å². The van der Waals surface area contributed by atoms with E-state index < -0.39 is 0 Å². The molecule has 0 bridgehead atoms. The predicted molar refractivity (Wildman–Crippen MR) is 230 cm³/mol. The van der Waals surface area contributed by atoms with Crippen LogP contribution in [0.4, 0.5) is 0 Å². The van der Waals surface area contributed by atoms with Crippen LogP contribution in [0.25, 0.3) is 110 Å². The molecule has 0 N–H and O–H groups in total. The highest BCUT2D eigenvalue weighted by Gasteiger charge is 2.19. The number of rotatable bonds is 6. The van der Waals surface area contributed by atoms with E-state index in [2.05, 4.69) is 103 Å². The second-order valence-electron chi connectivity index (χ2n) is 13.9. The molecule has 0 spiro atoms. The van der Waals surface area contributed by atoms with Crippen LogP contribution in [0.2, 0.25) is 0 Å². The highest BCUT2D eigenvalue weighted by molar-refractivity contribution is 7.26. The van der Waals surface area contributed by atoms with Crippen molar-refractivity contribution in [1.82, 2.24) is 19.9 Å². The molecular formula is C50H30N4OS. The van der Waals surface area contributed by atoms with E-state index >= 15 is 0 Å². The van der Waals surface area contributed by atoms with Crippen LogP contribution < -0.4 is 0 Å². The summed E-state index contributed by atoms with van der Waals surface area (Å²) in [5.74, 6) is 2.49. The highest BCUT2D eigenvalue weighted by Crippen LogP contribution is 2.43. The molecule has 0 aliphatic heterocycles. The molecule has 0 amide bonds. The second kappa shape index (κ2) is 13.2. The first-order valence-corrected chi connectivity index (χ1v) is 19.4. The molecular weight excluding hydrogens is 705 g/mol. The van der Waals surface area contributed by atoms with E-state index in [1.54, 1.807) is 11.3 Å². The lowest BCUT2D eigenvalue weighted by Gasteiger charge is -2.12. The van der Waals surface area contributed by atoms with Gasteiger partial charge < -0.3 is 4.42 Å². The Morgan fingerprint density at radius 2 is 0.893 bits per heavy atom. The molecule has 0 fully saturated rings. The molecule has 0 saturated heterocycles. The average Bonchev–Trinajstić information content (AvgIpc) is 3.89. The van der Waals surface area contributed by atoms with Gasteiger partial charge in [-0.1, -0.05) is 133 Å². The fourth-order valence-electron chi connectivity index (χ4n) is 7.61. The Morgan fingerprint density at radius 1 is 0.357 bits per heavy atom. The standard InChI is InChI=1S/C50H30N4OS/c1-5-13-31(14-6-1)37-27-38(32-15-7-2-8-16-32)29-39(28-37)49-53-47(34-17-9-3-10-18-34)52-48(54-49)36-21-24-40-43(30-36)56-42-26-23-33-22-25-41-46(44(33)45(40)42)55-50(51-41)35-19-11-4-12-20-35/h1-30H. The van der Waals surface area contributed by atoms with Gasteiger partial charge in [0.2, 0.25) is 5.89 Å². The minimum absolute atomic E-state index is 0.619. The van der Waals surface area contributed by atoms with E-state index in [9.17, 15) is 0 Å². The summed E-state index contributed by atoms with van der Waals surface area (Å²) in [6.45, 7) is 0. The SMILES string of the molecule is c1ccc(-c2cc(-c3ccccc3)cc(-c3nc(-c4ccccc4)nc(-c4ccc5c(c4)sc4ccc6ccc7nc(-c8ccccc8)oc7c6c45)n3)c2)cc1. The van der Waals surface area contributed by atoms with E-state index in [4.69, 9.17) is 24.4 Å². The molecule has 262 valence electrons. The lowest BCUT2D eigenvalue weighted by Crippen LogP contribution is -2.00. The quantitative estimate of drug-likeness (QED) is 0.170. The largest absolute Gasteiger partial charge is 0.435 e. The van der Waals surface area contributed by atoms with Crippen molar-refractivity contribution in [2.24, 2.45) is 0 Å². The van der Waals surface area contributed by atoms with Gasteiger partial charge in [-0.25, -0.2) is 19.9 Å². The smallest absolute Gasteiger partial charge is 0.227 e. The Balaban J connectivity index is 1.09. The van der Waals surface area contributed by atoms with Crippen molar-refractivity contribution in [3.05, 3.63) is 182 Å². The molecule has 3 aromatic heterocycles. The lowest BCUT2D eigenvalue weighted by molar-refractivity contribution is 0.623. The summed E-state index contributed by atoms with van der Waals surface area (Å²) in [4.78, 5) is 20.3. The molecule has 0 aliphatic rings. The van der Waals surface area contributed by atoms with Gasteiger partial charge >= 0.3 is 0 Å². The third-order valence-electron chi connectivity index (χ3n) is 10.3. The first-order valence-electron chi connectivity index (χ1n) is 18.5. The Morgan fingerprint density at radius 3 is 1.54 bits per heavy atom. The third-order valence-corrected chi connectivity index (χ3v) is 11.4. The van der Waals surface area contributed by atoms with E-state index in [1.807, 2.05) is 78.9 Å². The summed E-state index contributed by atoms with van der Waals surface area (Å²) >= 11 is 1.76. The van der Waals surface area contributed by atoms with Crippen molar-refractivity contribution in [1.29, 1.82) is 0 Å². The molecule has 11 aromatic rings. The number of benzene rings is 8. The topological polar surface area (TPSA) is 64.7 Å². The molecule has 0 unspecified atom stereocenters. The van der Waals surface area contributed by atoms with Crippen LogP contribution in [-0.2, 0) is 0 Å². The van der Waals surface area contributed by atoms with Crippen molar-refractivity contribution < 1.29 is 4.42 Å². The van der Waals surface area contributed by atoms with Crippen LogP contribution in [0, 0.1) is 0 Å². The molecule has 0 aliphatic carbocycles. The van der Waals surface area contributed by atoms with E-state index in [0.29, 0.717) is 23.4 Å². The normalized spacial score (nSPS) is 11.6. The summed E-state index contributed by atoms with van der Waals surface area (Å²) in [5, 5.41) is 4.52.